The number of anilines is 1. The Kier molecular flexibility index (Phi) is 6.23. The second-order valence-electron chi connectivity index (χ2n) is 6.17. The van der Waals surface area contributed by atoms with Gasteiger partial charge in [-0.3, -0.25) is 14.9 Å². The standard InChI is InChI=1S/C22H15N3O6/c1-30-22(27)14-6-8-16(9-7-14)24-21(26)15(13-23)12-17-10-11-20(31-17)18-4-2-3-5-19(18)25(28)29/h2-12H,1H3,(H,24,26)/b15-12+. The quantitative estimate of drug-likeness (QED) is 0.209. The molecule has 1 amide bonds. The van der Waals surface area contributed by atoms with Gasteiger partial charge in [-0.05, 0) is 42.5 Å². The number of nitro groups is 1. The molecular formula is C22H15N3O6. The van der Waals surface area contributed by atoms with Crippen molar-refractivity contribution in [3.8, 4) is 17.4 Å². The number of hydrogen-bond acceptors (Lipinski definition) is 7. The summed E-state index contributed by atoms with van der Waals surface area (Å²) in [6.07, 6.45) is 1.23. The Balaban J connectivity index is 1.80. The van der Waals surface area contributed by atoms with Crippen molar-refractivity contribution in [2.75, 3.05) is 12.4 Å². The maximum Gasteiger partial charge on any atom is 0.337 e. The fourth-order valence-electron chi connectivity index (χ4n) is 2.71. The topological polar surface area (TPSA) is 135 Å². The minimum absolute atomic E-state index is 0.124. The van der Waals surface area contributed by atoms with E-state index in [1.807, 2.05) is 0 Å². The van der Waals surface area contributed by atoms with Gasteiger partial charge in [0, 0.05) is 17.8 Å². The fraction of sp³-hybridized carbons (Fsp3) is 0.0455. The predicted octanol–water partition coefficient (Wildman–Crippen LogP) is 4.19. The Morgan fingerprint density at radius 3 is 2.48 bits per heavy atom. The smallest absolute Gasteiger partial charge is 0.337 e. The van der Waals surface area contributed by atoms with Gasteiger partial charge in [-0.1, -0.05) is 12.1 Å². The molecule has 0 unspecified atom stereocenters. The number of rotatable bonds is 6. The average Bonchev–Trinajstić information content (AvgIpc) is 3.25. The van der Waals surface area contributed by atoms with Crippen molar-refractivity contribution in [2.24, 2.45) is 0 Å². The van der Waals surface area contributed by atoms with E-state index in [2.05, 4.69) is 10.1 Å². The number of nitriles is 1. The average molecular weight is 417 g/mol. The lowest BCUT2D eigenvalue weighted by atomic mass is 10.1. The molecule has 0 aliphatic rings. The molecule has 1 aromatic heterocycles. The molecule has 3 rings (SSSR count). The Labute approximate surface area is 176 Å². The van der Waals surface area contributed by atoms with Crippen LogP contribution >= 0.6 is 0 Å². The Hall–Kier alpha value is -4.71. The maximum atomic E-state index is 12.4. The summed E-state index contributed by atoms with van der Waals surface area (Å²) < 4.78 is 10.2. The third kappa shape index (κ3) is 4.83. The minimum Gasteiger partial charge on any atom is -0.465 e. The molecule has 9 nitrogen and oxygen atoms in total. The zero-order chi connectivity index (χ0) is 22.4. The van der Waals surface area contributed by atoms with Crippen LogP contribution in [0.3, 0.4) is 0 Å². The van der Waals surface area contributed by atoms with E-state index in [9.17, 15) is 25.0 Å². The molecule has 1 N–H and O–H groups in total. The summed E-state index contributed by atoms with van der Waals surface area (Å²) in [6.45, 7) is 0. The van der Waals surface area contributed by atoms with Gasteiger partial charge in [0.15, 0.2) is 0 Å². The van der Waals surface area contributed by atoms with Crippen LogP contribution in [-0.2, 0) is 9.53 Å². The van der Waals surface area contributed by atoms with Gasteiger partial charge in [-0.2, -0.15) is 5.26 Å². The van der Waals surface area contributed by atoms with Crippen molar-refractivity contribution >= 4 is 29.3 Å². The Morgan fingerprint density at radius 2 is 1.84 bits per heavy atom. The molecule has 0 radical (unpaired) electrons. The minimum atomic E-state index is -0.683. The molecule has 0 aliphatic carbocycles. The van der Waals surface area contributed by atoms with Crippen LogP contribution in [0.5, 0.6) is 0 Å². The number of furan rings is 1. The van der Waals surface area contributed by atoms with Gasteiger partial charge in [-0.15, -0.1) is 0 Å². The van der Waals surface area contributed by atoms with E-state index in [-0.39, 0.29) is 28.3 Å². The number of carbonyl (C=O) groups excluding carboxylic acids is 2. The highest BCUT2D eigenvalue weighted by molar-refractivity contribution is 6.09. The number of nitrogens with one attached hydrogen (secondary N) is 1. The lowest BCUT2D eigenvalue weighted by Gasteiger charge is -2.05. The van der Waals surface area contributed by atoms with Crippen LogP contribution in [0.15, 0.2) is 70.7 Å². The summed E-state index contributed by atoms with van der Waals surface area (Å²) in [6, 6.07) is 16.8. The molecule has 9 heteroatoms. The highest BCUT2D eigenvalue weighted by Crippen LogP contribution is 2.31. The summed E-state index contributed by atoms with van der Waals surface area (Å²) in [5.74, 6) is -0.782. The normalized spacial score (nSPS) is 10.8. The van der Waals surface area contributed by atoms with Gasteiger partial charge in [-0.25, -0.2) is 4.79 Å². The molecule has 0 saturated heterocycles. The number of benzene rings is 2. The number of esters is 1. The van der Waals surface area contributed by atoms with Crippen molar-refractivity contribution in [2.45, 2.75) is 0 Å². The zero-order valence-electron chi connectivity index (χ0n) is 16.2. The number of carbonyl (C=O) groups is 2. The van der Waals surface area contributed by atoms with Crippen LogP contribution < -0.4 is 5.32 Å². The van der Waals surface area contributed by atoms with Crippen LogP contribution in [0.1, 0.15) is 16.1 Å². The summed E-state index contributed by atoms with van der Waals surface area (Å²) in [5.41, 5.74) is 0.607. The molecule has 3 aromatic rings. The van der Waals surface area contributed by atoms with Gasteiger partial charge >= 0.3 is 5.97 Å². The first-order chi connectivity index (χ1) is 14.9. The summed E-state index contributed by atoms with van der Waals surface area (Å²) in [5, 5.41) is 23.1. The summed E-state index contributed by atoms with van der Waals surface area (Å²) >= 11 is 0. The number of ether oxygens (including phenoxy) is 1. The van der Waals surface area contributed by atoms with Gasteiger partial charge in [0.25, 0.3) is 11.6 Å². The number of nitrogens with zero attached hydrogens (tertiary/aromatic N) is 2. The number of hydrogen-bond donors (Lipinski definition) is 1. The molecule has 2 aromatic carbocycles. The molecule has 31 heavy (non-hydrogen) atoms. The Morgan fingerprint density at radius 1 is 1.13 bits per heavy atom. The molecular weight excluding hydrogens is 402 g/mol. The number of para-hydroxylation sites is 1. The zero-order valence-corrected chi connectivity index (χ0v) is 16.2. The fourth-order valence-corrected chi connectivity index (χ4v) is 2.71. The van der Waals surface area contributed by atoms with Crippen LogP contribution in [0.4, 0.5) is 11.4 Å². The first-order valence-electron chi connectivity index (χ1n) is 8.88. The van der Waals surface area contributed by atoms with Crippen molar-refractivity contribution < 1.29 is 23.7 Å². The molecule has 0 saturated carbocycles. The Bertz CT molecular complexity index is 1220. The second kappa shape index (κ2) is 9.19. The van der Waals surface area contributed by atoms with E-state index in [1.54, 1.807) is 24.3 Å². The van der Waals surface area contributed by atoms with Gasteiger partial charge < -0.3 is 14.5 Å². The first kappa shape index (κ1) is 21.0. The molecule has 1 heterocycles. The van der Waals surface area contributed by atoms with Gasteiger partial charge in [0.1, 0.15) is 23.2 Å². The van der Waals surface area contributed by atoms with E-state index >= 15 is 0 Å². The van der Waals surface area contributed by atoms with Crippen molar-refractivity contribution in [1.82, 2.24) is 0 Å². The predicted molar refractivity (Wildman–Crippen MR) is 111 cm³/mol. The molecule has 0 aliphatic heterocycles. The molecule has 0 atom stereocenters. The van der Waals surface area contributed by atoms with Crippen LogP contribution in [0, 0.1) is 21.4 Å². The van der Waals surface area contributed by atoms with E-state index in [4.69, 9.17) is 4.42 Å². The van der Waals surface area contributed by atoms with E-state index in [0.29, 0.717) is 11.3 Å². The number of methoxy groups -OCH3 is 1. The monoisotopic (exact) mass is 417 g/mol. The first-order valence-corrected chi connectivity index (χ1v) is 8.88. The number of nitro benzene ring substituents is 1. The highest BCUT2D eigenvalue weighted by Gasteiger charge is 2.18. The van der Waals surface area contributed by atoms with E-state index < -0.39 is 16.8 Å². The lowest BCUT2D eigenvalue weighted by Crippen LogP contribution is -2.13. The summed E-state index contributed by atoms with van der Waals surface area (Å²) in [7, 11) is 1.26. The largest absolute Gasteiger partial charge is 0.465 e. The van der Waals surface area contributed by atoms with Gasteiger partial charge in [0.2, 0.25) is 0 Å². The van der Waals surface area contributed by atoms with E-state index in [0.717, 1.165) is 0 Å². The third-order valence-corrected chi connectivity index (χ3v) is 4.21. The lowest BCUT2D eigenvalue weighted by molar-refractivity contribution is -0.384. The van der Waals surface area contributed by atoms with Crippen LogP contribution in [-0.4, -0.2) is 23.9 Å². The molecule has 0 bridgehead atoms. The summed E-state index contributed by atoms with van der Waals surface area (Å²) in [4.78, 5) is 34.6. The molecule has 154 valence electrons. The van der Waals surface area contributed by atoms with Crippen molar-refractivity contribution in [1.29, 1.82) is 5.26 Å². The maximum absolute atomic E-state index is 12.4. The van der Waals surface area contributed by atoms with Crippen LogP contribution in [0.25, 0.3) is 17.4 Å². The van der Waals surface area contributed by atoms with Crippen molar-refractivity contribution in [3.05, 3.63) is 87.7 Å². The molecule has 0 spiro atoms. The second-order valence-corrected chi connectivity index (χ2v) is 6.17. The number of amides is 1. The van der Waals surface area contributed by atoms with Crippen molar-refractivity contribution in [3.63, 3.8) is 0 Å². The third-order valence-electron chi connectivity index (χ3n) is 4.21. The van der Waals surface area contributed by atoms with Gasteiger partial charge in [0.05, 0.1) is 23.2 Å². The SMILES string of the molecule is COC(=O)c1ccc(NC(=O)/C(C#N)=C/c2ccc(-c3ccccc3[N+](=O)[O-])o2)cc1. The van der Waals surface area contributed by atoms with E-state index in [1.165, 1.54) is 55.7 Å². The highest BCUT2D eigenvalue weighted by atomic mass is 16.6. The molecule has 0 fully saturated rings. The van der Waals surface area contributed by atoms with Crippen LogP contribution in [0.2, 0.25) is 0 Å².